The molecule has 2 heterocycles. The van der Waals surface area contributed by atoms with Crippen LogP contribution in [0.15, 0.2) is 47.1 Å². The molecular formula is C20H13F3N4O2. The molecule has 0 atom stereocenters. The summed E-state index contributed by atoms with van der Waals surface area (Å²) < 4.78 is 47.1. The molecule has 0 bridgehead atoms. The lowest BCUT2D eigenvalue weighted by molar-refractivity contribution is -0.135. The summed E-state index contributed by atoms with van der Waals surface area (Å²) in [6.45, 7) is 8.84. The van der Waals surface area contributed by atoms with E-state index in [2.05, 4.69) is 15.0 Å². The number of halogens is 3. The van der Waals surface area contributed by atoms with Crippen LogP contribution in [-0.2, 0) is 12.7 Å². The molecule has 9 heteroatoms. The smallest absolute Gasteiger partial charge is 0.408 e. The number of phenolic OH excluding ortho intramolecular Hbond substituents is 1. The number of phenols is 1. The summed E-state index contributed by atoms with van der Waals surface area (Å²) in [4.78, 5) is 7.25. The fourth-order valence-electron chi connectivity index (χ4n) is 3.12. The third-order valence-corrected chi connectivity index (χ3v) is 4.57. The van der Waals surface area contributed by atoms with Crippen molar-refractivity contribution in [2.24, 2.45) is 0 Å². The van der Waals surface area contributed by atoms with Crippen molar-refractivity contribution in [3.05, 3.63) is 71.0 Å². The van der Waals surface area contributed by atoms with Gasteiger partial charge >= 0.3 is 6.18 Å². The highest BCUT2D eigenvalue weighted by Crippen LogP contribution is 2.41. The number of aromatic hydroxyl groups is 1. The van der Waals surface area contributed by atoms with Crippen molar-refractivity contribution >= 4 is 16.6 Å². The van der Waals surface area contributed by atoms with Crippen LogP contribution in [0, 0.1) is 13.5 Å². The van der Waals surface area contributed by atoms with Gasteiger partial charge in [0.2, 0.25) is 0 Å². The van der Waals surface area contributed by atoms with Crippen molar-refractivity contribution in [1.82, 2.24) is 14.7 Å². The van der Waals surface area contributed by atoms with Crippen molar-refractivity contribution < 1.29 is 22.8 Å². The Morgan fingerprint density at radius 2 is 2.00 bits per heavy atom. The molecule has 146 valence electrons. The fraction of sp³-hybridized carbons (Fsp3) is 0.150. The molecule has 0 fully saturated rings. The molecule has 2 aromatic heterocycles. The molecule has 0 saturated heterocycles. The predicted molar refractivity (Wildman–Crippen MR) is 98.4 cm³/mol. The van der Waals surface area contributed by atoms with Crippen LogP contribution >= 0.6 is 0 Å². The maximum Gasteiger partial charge on any atom is 0.408 e. The van der Waals surface area contributed by atoms with E-state index in [1.165, 1.54) is 24.4 Å². The van der Waals surface area contributed by atoms with Crippen LogP contribution < -0.4 is 0 Å². The summed E-state index contributed by atoms with van der Waals surface area (Å²) in [6.07, 6.45) is -3.15. The van der Waals surface area contributed by atoms with Gasteiger partial charge < -0.3 is 14.2 Å². The second-order valence-electron chi connectivity index (χ2n) is 6.46. The molecule has 0 aliphatic rings. The molecule has 4 rings (SSSR count). The number of hydrogen-bond donors (Lipinski definition) is 1. The maximum absolute atomic E-state index is 13.4. The summed E-state index contributed by atoms with van der Waals surface area (Å²) in [6, 6.07) is 8.88. The average molecular weight is 398 g/mol. The van der Waals surface area contributed by atoms with Crippen molar-refractivity contribution in [2.45, 2.75) is 19.6 Å². The molecule has 0 saturated carbocycles. The van der Waals surface area contributed by atoms with Crippen LogP contribution in [0.5, 0.6) is 5.75 Å². The van der Waals surface area contributed by atoms with E-state index in [1.807, 2.05) is 0 Å². The van der Waals surface area contributed by atoms with Crippen LogP contribution in [0.1, 0.15) is 17.0 Å². The van der Waals surface area contributed by atoms with Gasteiger partial charge in [-0.25, -0.2) is 4.85 Å². The Morgan fingerprint density at radius 1 is 1.21 bits per heavy atom. The van der Waals surface area contributed by atoms with E-state index in [0.717, 1.165) is 6.07 Å². The summed E-state index contributed by atoms with van der Waals surface area (Å²) in [5.41, 5.74) is 0.150. The molecule has 0 amide bonds. The molecule has 4 aromatic rings. The van der Waals surface area contributed by atoms with Gasteiger partial charge in [-0.3, -0.25) is 0 Å². The molecule has 1 N–H and O–H groups in total. The number of hydrogen-bond acceptors (Lipinski definition) is 4. The first-order chi connectivity index (χ1) is 13.8. The van der Waals surface area contributed by atoms with Gasteiger partial charge in [0.25, 0.3) is 5.89 Å². The highest BCUT2D eigenvalue weighted by molar-refractivity contribution is 5.89. The normalized spacial score (nSPS) is 11.7. The molecule has 0 aliphatic carbocycles. The molecule has 2 aromatic carbocycles. The SMILES string of the molecule is [C-]#[N+]c1ccc2c(ccn2Cc2noc(-c3ccc(C)c(O)c3)n2)c1C(F)(F)F. The number of alkyl halides is 3. The first-order valence-corrected chi connectivity index (χ1v) is 8.47. The summed E-state index contributed by atoms with van der Waals surface area (Å²) in [7, 11) is 0. The minimum atomic E-state index is -4.64. The standard InChI is InChI=1S/C20H13F3N4O2/c1-11-3-4-12(9-16(11)28)19-25-17(26-29-19)10-27-8-7-13-15(27)6-5-14(24-2)18(13)20(21,22)23/h3-9,28H,10H2,1H3. The molecule has 6 nitrogen and oxygen atoms in total. The molecule has 0 spiro atoms. The van der Waals surface area contributed by atoms with Gasteiger partial charge in [0, 0.05) is 22.7 Å². The second-order valence-corrected chi connectivity index (χ2v) is 6.46. The number of rotatable bonds is 3. The average Bonchev–Trinajstić information content (AvgIpc) is 3.30. The van der Waals surface area contributed by atoms with Gasteiger partial charge in [0.1, 0.15) is 5.75 Å². The van der Waals surface area contributed by atoms with Crippen molar-refractivity contribution in [1.29, 1.82) is 0 Å². The van der Waals surface area contributed by atoms with E-state index in [1.54, 1.807) is 23.6 Å². The quantitative estimate of drug-likeness (QED) is 0.474. The summed E-state index contributed by atoms with van der Waals surface area (Å²) in [5.74, 6) is 0.548. The van der Waals surface area contributed by atoms with E-state index in [9.17, 15) is 18.3 Å². The Morgan fingerprint density at radius 3 is 2.69 bits per heavy atom. The van der Waals surface area contributed by atoms with E-state index < -0.39 is 17.4 Å². The minimum absolute atomic E-state index is 0.0572. The van der Waals surface area contributed by atoms with Crippen molar-refractivity contribution in [2.75, 3.05) is 0 Å². The van der Waals surface area contributed by atoms with E-state index in [-0.39, 0.29) is 29.4 Å². The minimum Gasteiger partial charge on any atom is -0.508 e. The van der Waals surface area contributed by atoms with Gasteiger partial charge in [-0.15, -0.1) is 0 Å². The summed E-state index contributed by atoms with van der Waals surface area (Å²) in [5, 5.41) is 13.6. The number of aromatic nitrogens is 3. The van der Waals surface area contributed by atoms with Crippen LogP contribution in [0.4, 0.5) is 18.9 Å². The molecule has 0 aliphatic heterocycles. The topological polar surface area (TPSA) is 68.4 Å². The Bertz CT molecular complexity index is 1270. The first-order valence-electron chi connectivity index (χ1n) is 8.47. The molecular weight excluding hydrogens is 385 g/mol. The third kappa shape index (κ3) is 3.29. The van der Waals surface area contributed by atoms with Crippen LogP contribution in [0.2, 0.25) is 0 Å². The van der Waals surface area contributed by atoms with Crippen molar-refractivity contribution in [3.63, 3.8) is 0 Å². The van der Waals surface area contributed by atoms with Gasteiger partial charge in [0.15, 0.2) is 11.5 Å². The Labute approximate surface area is 162 Å². The highest BCUT2D eigenvalue weighted by atomic mass is 19.4. The lowest BCUT2D eigenvalue weighted by Crippen LogP contribution is -2.06. The third-order valence-electron chi connectivity index (χ3n) is 4.57. The van der Waals surface area contributed by atoms with E-state index >= 15 is 0 Å². The zero-order valence-electron chi connectivity index (χ0n) is 15.0. The van der Waals surface area contributed by atoms with E-state index in [4.69, 9.17) is 11.1 Å². The zero-order valence-corrected chi connectivity index (χ0v) is 15.0. The van der Waals surface area contributed by atoms with Crippen molar-refractivity contribution in [3.8, 4) is 17.2 Å². The van der Waals surface area contributed by atoms with Crippen LogP contribution in [0.25, 0.3) is 27.2 Å². The van der Waals surface area contributed by atoms with Gasteiger partial charge in [-0.05, 0) is 36.8 Å². The Hall–Kier alpha value is -3.80. The highest BCUT2D eigenvalue weighted by Gasteiger charge is 2.36. The molecule has 29 heavy (non-hydrogen) atoms. The van der Waals surface area contributed by atoms with Crippen LogP contribution in [-0.4, -0.2) is 19.8 Å². The maximum atomic E-state index is 13.4. The summed E-state index contributed by atoms with van der Waals surface area (Å²) >= 11 is 0. The van der Waals surface area contributed by atoms with Gasteiger partial charge in [0.05, 0.1) is 18.7 Å². The number of benzene rings is 2. The first kappa shape index (κ1) is 18.6. The largest absolute Gasteiger partial charge is 0.508 e. The lowest BCUT2D eigenvalue weighted by atomic mass is 10.1. The number of fused-ring (bicyclic) bond motifs is 1. The molecule has 0 radical (unpaired) electrons. The number of aryl methyl sites for hydroxylation is 1. The second kappa shape index (κ2) is 6.67. The Kier molecular flexibility index (Phi) is 4.27. The number of nitrogens with zero attached hydrogens (tertiary/aromatic N) is 4. The fourth-order valence-corrected chi connectivity index (χ4v) is 3.12. The Balaban J connectivity index is 1.70. The molecule has 0 unspecified atom stereocenters. The zero-order chi connectivity index (χ0) is 20.8. The lowest BCUT2D eigenvalue weighted by Gasteiger charge is -2.11. The predicted octanol–water partition coefficient (Wildman–Crippen LogP) is 5.32. The van der Waals surface area contributed by atoms with Gasteiger partial charge in [-0.1, -0.05) is 17.3 Å². The van der Waals surface area contributed by atoms with Gasteiger partial charge in [-0.2, -0.15) is 18.2 Å². The monoisotopic (exact) mass is 398 g/mol. The van der Waals surface area contributed by atoms with E-state index in [0.29, 0.717) is 16.6 Å². The van der Waals surface area contributed by atoms with Crippen LogP contribution in [0.3, 0.4) is 0 Å².